The number of hydrogen-bond donors (Lipinski definition) is 1. The van der Waals surface area contributed by atoms with Crippen molar-refractivity contribution in [2.24, 2.45) is 5.41 Å². The number of nitrogens with zero attached hydrogens (tertiary/aromatic N) is 1. The van der Waals surface area contributed by atoms with E-state index in [0.717, 1.165) is 22.6 Å². The highest BCUT2D eigenvalue weighted by atomic mass is 19.4. The Morgan fingerprint density at radius 2 is 1.41 bits per heavy atom. The van der Waals surface area contributed by atoms with Gasteiger partial charge in [0, 0.05) is 7.05 Å². The van der Waals surface area contributed by atoms with E-state index in [0.29, 0.717) is 5.56 Å². The summed E-state index contributed by atoms with van der Waals surface area (Å²) in [4.78, 5) is 54.7. The Kier molecular flexibility index (Phi) is 15.9. The van der Waals surface area contributed by atoms with E-state index in [1.807, 2.05) is 26.8 Å². The van der Waals surface area contributed by atoms with Gasteiger partial charge in [0.05, 0.1) is 0 Å². The average molecular weight is 727 g/mol. The van der Waals surface area contributed by atoms with E-state index in [2.05, 4.69) is 10.1 Å². The van der Waals surface area contributed by atoms with E-state index in [4.69, 9.17) is 14.2 Å². The lowest BCUT2D eigenvalue weighted by Gasteiger charge is -2.34. The summed E-state index contributed by atoms with van der Waals surface area (Å²) in [6.45, 7) is 9.59. The first-order chi connectivity index (χ1) is 23.6. The summed E-state index contributed by atoms with van der Waals surface area (Å²) in [5, 5.41) is 2.78. The van der Waals surface area contributed by atoms with Crippen molar-refractivity contribution in [3.8, 4) is 5.75 Å². The van der Waals surface area contributed by atoms with Gasteiger partial charge in [-0.05, 0) is 88.6 Å². The van der Waals surface area contributed by atoms with Crippen LogP contribution in [0.3, 0.4) is 0 Å². The third-order valence-corrected chi connectivity index (χ3v) is 7.79. The molecular formula is C37H50F4N2O8. The average Bonchev–Trinajstić information content (AvgIpc) is 3.03. The zero-order chi connectivity index (χ0) is 38.6. The smallest absolute Gasteiger partial charge is 0.458 e. The van der Waals surface area contributed by atoms with Gasteiger partial charge in [-0.15, -0.1) is 13.2 Å². The van der Waals surface area contributed by atoms with Gasteiger partial charge >= 0.3 is 24.3 Å². The van der Waals surface area contributed by atoms with Crippen molar-refractivity contribution >= 4 is 23.8 Å². The summed E-state index contributed by atoms with van der Waals surface area (Å²) in [6.07, 6.45) is -7.47. The first kappa shape index (κ1) is 43.0. The number of ether oxygens (including phenoxy) is 4. The Bertz CT molecular complexity index is 1420. The molecule has 2 aromatic carbocycles. The largest absolute Gasteiger partial charge is 0.573 e. The molecule has 0 spiro atoms. The van der Waals surface area contributed by atoms with Crippen LogP contribution in [0.4, 0.5) is 17.6 Å². The second-order valence-electron chi connectivity index (χ2n) is 14.2. The zero-order valence-electron chi connectivity index (χ0n) is 30.5. The number of benzene rings is 2. The summed E-state index contributed by atoms with van der Waals surface area (Å²) in [5.41, 5.74) is -0.837. The maximum atomic E-state index is 14.2. The Balaban J connectivity index is 2.30. The van der Waals surface area contributed by atoms with E-state index in [-0.39, 0.29) is 38.7 Å². The molecule has 0 aliphatic rings. The number of likely N-dealkylation sites (N-methyl/N-ethyl adjacent to an activating group) is 2. The predicted molar refractivity (Wildman–Crippen MR) is 181 cm³/mol. The molecule has 4 atom stereocenters. The quantitative estimate of drug-likeness (QED) is 0.105. The van der Waals surface area contributed by atoms with E-state index in [9.17, 15) is 36.7 Å². The number of nitrogens with one attached hydrogen (secondary N) is 1. The van der Waals surface area contributed by atoms with Crippen molar-refractivity contribution in [1.29, 1.82) is 0 Å². The van der Waals surface area contributed by atoms with E-state index in [1.165, 1.54) is 47.0 Å². The molecular weight excluding hydrogens is 676 g/mol. The fourth-order valence-electron chi connectivity index (χ4n) is 4.96. The highest BCUT2D eigenvalue weighted by molar-refractivity contribution is 5.90. The molecule has 0 heterocycles. The molecule has 1 N–H and O–H groups in total. The Labute approximate surface area is 297 Å². The van der Waals surface area contributed by atoms with Crippen LogP contribution in [0.5, 0.6) is 5.75 Å². The molecule has 0 saturated heterocycles. The number of carbonyl (C=O) groups excluding carboxylic acids is 4. The lowest BCUT2D eigenvalue weighted by Crippen LogP contribution is -2.51. The summed E-state index contributed by atoms with van der Waals surface area (Å²) >= 11 is 0. The highest BCUT2D eigenvalue weighted by Crippen LogP contribution is 2.27. The minimum absolute atomic E-state index is 0.0178. The number of alkyl halides is 4. The summed E-state index contributed by atoms with van der Waals surface area (Å²) in [7, 11) is 2.84. The van der Waals surface area contributed by atoms with Crippen molar-refractivity contribution < 1.29 is 55.7 Å². The van der Waals surface area contributed by atoms with Gasteiger partial charge in [-0.25, -0.2) is 14.0 Å². The van der Waals surface area contributed by atoms with Crippen LogP contribution < -0.4 is 10.1 Å². The Morgan fingerprint density at radius 1 is 0.804 bits per heavy atom. The molecule has 284 valence electrons. The molecule has 14 heteroatoms. The molecule has 0 saturated carbocycles. The highest BCUT2D eigenvalue weighted by Gasteiger charge is 2.39. The SMILES string of the molecule is CN[C@@H](CCC(C)(C)F)C(=O)O[C@H](CCc1ccc(OC(F)(F)F)cc1)C(=O)N(C)[C@@H](CC(C)(C)C)C(=O)O[C@H](C)C(=O)OCc1ccccc1. The summed E-state index contributed by atoms with van der Waals surface area (Å²) in [5.74, 6) is -3.68. The van der Waals surface area contributed by atoms with Gasteiger partial charge < -0.3 is 29.2 Å². The third kappa shape index (κ3) is 16.1. The second kappa shape index (κ2) is 18.9. The minimum atomic E-state index is -4.87. The van der Waals surface area contributed by atoms with E-state index < -0.39 is 71.3 Å². The van der Waals surface area contributed by atoms with Crippen LogP contribution in [-0.4, -0.2) is 79.1 Å². The molecule has 2 rings (SSSR count). The van der Waals surface area contributed by atoms with Crippen molar-refractivity contribution in [1.82, 2.24) is 10.2 Å². The van der Waals surface area contributed by atoms with Crippen molar-refractivity contribution in [3.05, 3.63) is 65.7 Å². The van der Waals surface area contributed by atoms with Gasteiger partial charge in [-0.2, -0.15) is 0 Å². The maximum Gasteiger partial charge on any atom is 0.573 e. The fraction of sp³-hybridized carbons (Fsp3) is 0.568. The van der Waals surface area contributed by atoms with E-state index in [1.54, 1.807) is 24.3 Å². The van der Waals surface area contributed by atoms with Crippen LogP contribution in [0, 0.1) is 5.41 Å². The summed E-state index contributed by atoms with van der Waals surface area (Å²) in [6, 6.07) is 11.8. The number of carbonyl (C=O) groups is 4. The molecule has 0 unspecified atom stereocenters. The van der Waals surface area contributed by atoms with Gasteiger partial charge in [-0.3, -0.25) is 9.59 Å². The maximum absolute atomic E-state index is 14.2. The van der Waals surface area contributed by atoms with Crippen molar-refractivity contribution in [2.45, 2.75) is 117 Å². The molecule has 0 fully saturated rings. The zero-order valence-corrected chi connectivity index (χ0v) is 30.5. The molecule has 10 nitrogen and oxygen atoms in total. The Morgan fingerprint density at radius 3 is 1.94 bits per heavy atom. The number of halogens is 4. The van der Waals surface area contributed by atoms with Gasteiger partial charge in [0.2, 0.25) is 0 Å². The van der Waals surface area contributed by atoms with Crippen molar-refractivity contribution in [2.75, 3.05) is 14.1 Å². The first-order valence-electron chi connectivity index (χ1n) is 16.7. The van der Waals surface area contributed by atoms with Gasteiger partial charge in [0.15, 0.2) is 12.2 Å². The molecule has 0 aliphatic carbocycles. The molecule has 1 amide bonds. The third-order valence-electron chi connectivity index (χ3n) is 7.79. The van der Waals surface area contributed by atoms with Gasteiger partial charge in [0.1, 0.15) is 30.1 Å². The lowest BCUT2D eigenvalue weighted by atomic mass is 9.87. The van der Waals surface area contributed by atoms with E-state index >= 15 is 0 Å². The molecule has 0 bridgehead atoms. The first-order valence-corrected chi connectivity index (χ1v) is 16.7. The van der Waals surface area contributed by atoms with Crippen LogP contribution in [0.25, 0.3) is 0 Å². The minimum Gasteiger partial charge on any atom is -0.458 e. The topological polar surface area (TPSA) is 120 Å². The lowest BCUT2D eigenvalue weighted by molar-refractivity contribution is -0.274. The van der Waals surface area contributed by atoms with Crippen LogP contribution >= 0.6 is 0 Å². The van der Waals surface area contributed by atoms with Crippen LogP contribution in [0.1, 0.15) is 78.4 Å². The number of amides is 1. The van der Waals surface area contributed by atoms with Crippen LogP contribution in [-0.2, 0) is 46.4 Å². The monoisotopic (exact) mass is 726 g/mol. The standard InChI is InChI=1S/C37H50F4N2O8/c1-24(32(45)48-23-26-12-10-9-11-13-26)49-34(47)29(22-35(2,3)4)43(8)31(44)30(50-33(46)28(42-7)20-21-36(5,6)38)19-16-25-14-17-27(18-15-25)51-37(39,40)41/h9-15,17-18,24,28-30,42H,16,19-23H2,1-8H3/t24-,28+,29+,30-/m1/s1. The molecule has 0 aliphatic heterocycles. The van der Waals surface area contributed by atoms with Crippen molar-refractivity contribution in [3.63, 3.8) is 0 Å². The predicted octanol–water partition coefficient (Wildman–Crippen LogP) is 6.48. The van der Waals surface area contributed by atoms with Gasteiger partial charge in [-0.1, -0.05) is 63.2 Å². The number of esters is 3. The molecule has 0 aromatic heterocycles. The molecule has 51 heavy (non-hydrogen) atoms. The van der Waals surface area contributed by atoms with Crippen LogP contribution in [0.15, 0.2) is 54.6 Å². The second-order valence-corrected chi connectivity index (χ2v) is 14.2. The normalized spacial score (nSPS) is 14.4. The van der Waals surface area contributed by atoms with Gasteiger partial charge in [0.25, 0.3) is 5.91 Å². The fourth-order valence-corrected chi connectivity index (χ4v) is 4.96. The Hall–Kier alpha value is -4.20. The number of aryl methyl sites for hydroxylation is 1. The molecule has 0 radical (unpaired) electrons. The molecule has 2 aromatic rings. The number of hydrogen-bond acceptors (Lipinski definition) is 9. The number of rotatable bonds is 18. The van der Waals surface area contributed by atoms with Crippen LogP contribution in [0.2, 0.25) is 0 Å². The summed E-state index contributed by atoms with van der Waals surface area (Å²) < 4.78 is 72.5.